The predicted octanol–water partition coefficient (Wildman–Crippen LogP) is 2.99. The Hall–Kier alpha value is -1.66. The zero-order chi connectivity index (χ0) is 14.3. The molecular weight excluding hydrogens is 238 g/mol. The van der Waals surface area contributed by atoms with Gasteiger partial charge >= 0.3 is 0 Å². The summed E-state index contributed by atoms with van der Waals surface area (Å²) in [6, 6.07) is 5.81. The minimum atomic E-state index is 0.0547. The molecule has 0 atom stereocenters. The average molecular weight is 261 g/mol. The van der Waals surface area contributed by atoms with Gasteiger partial charge in [-0.2, -0.15) is 0 Å². The van der Waals surface area contributed by atoms with Crippen molar-refractivity contribution in [3.63, 3.8) is 0 Å². The van der Waals surface area contributed by atoms with Crippen molar-refractivity contribution in [3.8, 4) is 23.8 Å². The summed E-state index contributed by atoms with van der Waals surface area (Å²) in [7, 11) is 1.66. The largest absolute Gasteiger partial charge is 0.497 e. The Morgan fingerprint density at radius 1 is 1.32 bits per heavy atom. The van der Waals surface area contributed by atoms with Gasteiger partial charge in [0.25, 0.3) is 0 Å². The normalized spacial score (nSPS) is 10.9. The summed E-state index contributed by atoms with van der Waals surface area (Å²) in [6.07, 6.45) is 5.84. The average Bonchev–Trinajstić information content (AvgIpc) is 2.36. The van der Waals surface area contributed by atoms with Crippen LogP contribution in [0.25, 0.3) is 0 Å². The molecule has 0 amide bonds. The van der Waals surface area contributed by atoms with Gasteiger partial charge in [-0.25, -0.2) is 0 Å². The summed E-state index contributed by atoms with van der Waals surface area (Å²) in [4.78, 5) is 0. The number of terminal acetylenes is 1. The van der Waals surface area contributed by atoms with Crippen molar-refractivity contribution >= 4 is 0 Å². The zero-order valence-corrected chi connectivity index (χ0v) is 12.2. The van der Waals surface area contributed by atoms with E-state index >= 15 is 0 Å². The number of ether oxygens (including phenoxy) is 2. The van der Waals surface area contributed by atoms with Gasteiger partial charge in [0.2, 0.25) is 0 Å². The topological polar surface area (TPSA) is 30.5 Å². The number of methoxy groups -OCH3 is 1. The molecule has 0 heterocycles. The minimum Gasteiger partial charge on any atom is -0.497 e. The van der Waals surface area contributed by atoms with Crippen LogP contribution >= 0.6 is 0 Å². The number of hydrogen-bond donors (Lipinski definition) is 1. The molecule has 1 aromatic carbocycles. The third-order valence-electron chi connectivity index (χ3n) is 2.58. The molecule has 0 unspecified atom stereocenters. The van der Waals surface area contributed by atoms with Crippen LogP contribution in [0.4, 0.5) is 0 Å². The van der Waals surface area contributed by atoms with Crippen LogP contribution in [0.5, 0.6) is 11.5 Å². The van der Waals surface area contributed by atoms with Crippen molar-refractivity contribution in [2.45, 2.75) is 39.3 Å². The van der Waals surface area contributed by atoms with Crippen LogP contribution in [0.3, 0.4) is 0 Å². The molecule has 19 heavy (non-hydrogen) atoms. The molecule has 0 aliphatic heterocycles. The van der Waals surface area contributed by atoms with Crippen molar-refractivity contribution in [1.82, 2.24) is 5.32 Å². The summed E-state index contributed by atoms with van der Waals surface area (Å²) in [5, 5.41) is 3.44. The van der Waals surface area contributed by atoms with Gasteiger partial charge in [0.1, 0.15) is 11.5 Å². The van der Waals surface area contributed by atoms with Gasteiger partial charge in [0.05, 0.1) is 13.7 Å². The lowest BCUT2D eigenvalue weighted by Gasteiger charge is -2.22. The van der Waals surface area contributed by atoms with Crippen molar-refractivity contribution in [3.05, 3.63) is 23.8 Å². The molecule has 0 fully saturated rings. The molecule has 0 aliphatic carbocycles. The van der Waals surface area contributed by atoms with E-state index in [1.807, 2.05) is 18.2 Å². The van der Waals surface area contributed by atoms with Gasteiger partial charge in [0, 0.05) is 24.1 Å². The number of nitrogens with one attached hydrogen (secondary N) is 1. The maximum atomic E-state index is 5.70. The lowest BCUT2D eigenvalue weighted by molar-refractivity contribution is 0.319. The summed E-state index contributed by atoms with van der Waals surface area (Å²) < 4.78 is 11.0. The second-order valence-electron chi connectivity index (χ2n) is 5.38. The van der Waals surface area contributed by atoms with Crippen LogP contribution in [0.1, 0.15) is 32.8 Å². The van der Waals surface area contributed by atoms with Crippen molar-refractivity contribution in [1.29, 1.82) is 0 Å². The maximum absolute atomic E-state index is 5.70. The molecule has 0 saturated heterocycles. The van der Waals surface area contributed by atoms with Crippen molar-refractivity contribution in [2.24, 2.45) is 0 Å². The highest BCUT2D eigenvalue weighted by molar-refractivity contribution is 5.40. The number of rotatable bonds is 6. The molecule has 3 heteroatoms. The van der Waals surface area contributed by atoms with Gasteiger partial charge in [-0.3, -0.25) is 0 Å². The van der Waals surface area contributed by atoms with E-state index in [-0.39, 0.29) is 5.54 Å². The number of benzene rings is 1. The van der Waals surface area contributed by atoms with Crippen LogP contribution < -0.4 is 14.8 Å². The standard InChI is InChI=1S/C16H23NO2/c1-6-7-10-19-15-9-8-14(18-5)11-13(15)12-17-16(2,3)4/h1,8-9,11,17H,7,10,12H2,2-5H3. The van der Waals surface area contributed by atoms with E-state index < -0.39 is 0 Å². The van der Waals surface area contributed by atoms with E-state index in [1.54, 1.807) is 7.11 Å². The van der Waals surface area contributed by atoms with E-state index in [2.05, 4.69) is 32.0 Å². The van der Waals surface area contributed by atoms with Crippen LogP contribution in [0, 0.1) is 12.3 Å². The molecule has 3 nitrogen and oxygen atoms in total. The smallest absolute Gasteiger partial charge is 0.124 e. The third kappa shape index (κ3) is 5.67. The summed E-state index contributed by atoms with van der Waals surface area (Å²) >= 11 is 0. The second kappa shape index (κ2) is 7.06. The van der Waals surface area contributed by atoms with E-state index in [9.17, 15) is 0 Å². The highest BCUT2D eigenvalue weighted by Gasteiger charge is 2.12. The number of hydrogen-bond acceptors (Lipinski definition) is 3. The van der Waals surface area contributed by atoms with Crippen LogP contribution in [-0.2, 0) is 6.54 Å². The molecule has 104 valence electrons. The highest BCUT2D eigenvalue weighted by Crippen LogP contribution is 2.24. The minimum absolute atomic E-state index is 0.0547. The first-order chi connectivity index (χ1) is 8.96. The molecule has 0 bridgehead atoms. The van der Waals surface area contributed by atoms with Crippen LogP contribution in [-0.4, -0.2) is 19.3 Å². The Morgan fingerprint density at radius 2 is 2.05 bits per heavy atom. The molecule has 1 N–H and O–H groups in total. The lowest BCUT2D eigenvalue weighted by atomic mass is 10.1. The molecule has 1 aromatic rings. The quantitative estimate of drug-likeness (QED) is 0.631. The van der Waals surface area contributed by atoms with E-state index in [1.165, 1.54) is 0 Å². The SMILES string of the molecule is C#CCCOc1ccc(OC)cc1CNC(C)(C)C. The molecule has 0 aromatic heterocycles. The fraction of sp³-hybridized carbons (Fsp3) is 0.500. The van der Waals surface area contributed by atoms with Gasteiger partial charge in [-0.05, 0) is 39.0 Å². The monoisotopic (exact) mass is 261 g/mol. The maximum Gasteiger partial charge on any atom is 0.124 e. The molecule has 0 saturated carbocycles. The van der Waals surface area contributed by atoms with Gasteiger partial charge in [0.15, 0.2) is 0 Å². The third-order valence-corrected chi connectivity index (χ3v) is 2.58. The fourth-order valence-corrected chi connectivity index (χ4v) is 1.54. The molecule has 0 spiro atoms. The van der Waals surface area contributed by atoms with Gasteiger partial charge in [-0.15, -0.1) is 12.3 Å². The summed E-state index contributed by atoms with van der Waals surface area (Å²) in [5.74, 6) is 4.25. The lowest BCUT2D eigenvalue weighted by Crippen LogP contribution is -2.35. The summed E-state index contributed by atoms with van der Waals surface area (Å²) in [6.45, 7) is 7.65. The first-order valence-corrected chi connectivity index (χ1v) is 6.44. The Kier molecular flexibility index (Phi) is 5.72. The second-order valence-corrected chi connectivity index (χ2v) is 5.38. The first kappa shape index (κ1) is 15.4. The molecule has 0 radical (unpaired) electrons. The Bertz CT molecular complexity index is 441. The first-order valence-electron chi connectivity index (χ1n) is 6.44. The fourth-order valence-electron chi connectivity index (χ4n) is 1.54. The molecule has 0 aliphatic rings. The molecule has 1 rings (SSSR count). The predicted molar refractivity (Wildman–Crippen MR) is 78.5 cm³/mol. The zero-order valence-electron chi connectivity index (χ0n) is 12.2. The Morgan fingerprint density at radius 3 is 2.63 bits per heavy atom. The Labute approximate surface area is 116 Å². The van der Waals surface area contributed by atoms with Crippen LogP contribution in [0.15, 0.2) is 18.2 Å². The Balaban J connectivity index is 2.80. The van der Waals surface area contributed by atoms with Crippen LogP contribution in [0.2, 0.25) is 0 Å². The van der Waals surface area contributed by atoms with E-state index in [4.69, 9.17) is 15.9 Å². The van der Waals surface area contributed by atoms with Crippen molar-refractivity contribution < 1.29 is 9.47 Å². The summed E-state index contributed by atoms with van der Waals surface area (Å²) in [5.41, 5.74) is 1.13. The van der Waals surface area contributed by atoms with Gasteiger partial charge in [-0.1, -0.05) is 0 Å². The highest BCUT2D eigenvalue weighted by atomic mass is 16.5. The van der Waals surface area contributed by atoms with E-state index in [0.717, 1.165) is 23.6 Å². The van der Waals surface area contributed by atoms with Gasteiger partial charge < -0.3 is 14.8 Å². The molecular formula is C16H23NO2. The van der Waals surface area contributed by atoms with E-state index in [0.29, 0.717) is 13.0 Å². The van der Waals surface area contributed by atoms with Crippen molar-refractivity contribution in [2.75, 3.05) is 13.7 Å².